The molecule has 0 aromatic heterocycles. The Morgan fingerprint density at radius 2 is 1.69 bits per heavy atom. The molecule has 3 aliphatic rings. The third-order valence-electron chi connectivity index (χ3n) is 7.34. The van der Waals surface area contributed by atoms with Gasteiger partial charge in [0.25, 0.3) is 5.91 Å². The molecular weight excluding hydrogens is 400 g/mol. The van der Waals surface area contributed by atoms with E-state index in [9.17, 15) is 9.59 Å². The van der Waals surface area contributed by atoms with Crippen LogP contribution in [0.25, 0.3) is 11.1 Å². The number of nitrogens with zero attached hydrogens (tertiary/aromatic N) is 1. The first kappa shape index (κ1) is 19.3. The largest absolute Gasteiger partial charge is 0.492 e. The average Bonchev–Trinajstić information content (AvgIpc) is 3.34. The van der Waals surface area contributed by atoms with Gasteiger partial charge in [-0.1, -0.05) is 42.5 Å². The monoisotopic (exact) mass is 424 g/mol. The smallest absolute Gasteiger partial charge is 0.253 e. The summed E-state index contributed by atoms with van der Waals surface area (Å²) >= 11 is 0. The molecule has 5 nitrogen and oxygen atoms in total. The molecule has 1 fully saturated rings. The molecule has 5 heteroatoms. The van der Waals surface area contributed by atoms with Crippen molar-refractivity contribution in [2.75, 3.05) is 19.7 Å². The van der Waals surface area contributed by atoms with E-state index in [1.807, 2.05) is 53.4 Å². The van der Waals surface area contributed by atoms with E-state index in [1.54, 1.807) is 6.07 Å². The van der Waals surface area contributed by atoms with Crippen molar-refractivity contribution >= 4 is 11.7 Å². The molecule has 0 unspecified atom stereocenters. The number of amides is 1. The van der Waals surface area contributed by atoms with Crippen LogP contribution in [0.2, 0.25) is 0 Å². The maximum Gasteiger partial charge on any atom is 0.253 e. The Labute approximate surface area is 186 Å². The first-order chi connectivity index (χ1) is 15.6. The van der Waals surface area contributed by atoms with Gasteiger partial charge in [0, 0.05) is 47.3 Å². The summed E-state index contributed by atoms with van der Waals surface area (Å²) in [7, 11) is 0. The first-order valence-electron chi connectivity index (χ1n) is 11.1. The lowest BCUT2D eigenvalue weighted by Gasteiger charge is -2.38. The lowest BCUT2D eigenvalue weighted by atomic mass is 9.74. The number of piperidine rings is 1. The van der Waals surface area contributed by atoms with E-state index in [4.69, 9.17) is 10.5 Å². The van der Waals surface area contributed by atoms with Crippen LogP contribution in [0.4, 0.5) is 0 Å². The van der Waals surface area contributed by atoms with Crippen molar-refractivity contribution < 1.29 is 14.3 Å². The summed E-state index contributed by atoms with van der Waals surface area (Å²) in [5.41, 5.74) is 11.9. The highest BCUT2D eigenvalue weighted by Gasteiger charge is 2.44. The summed E-state index contributed by atoms with van der Waals surface area (Å²) in [6.07, 6.45) is 1.71. The minimum absolute atomic E-state index is 0.00161. The predicted octanol–water partition coefficient (Wildman–Crippen LogP) is 3.92. The predicted molar refractivity (Wildman–Crippen MR) is 122 cm³/mol. The standard InChI is InChI=1S/C27H24N2O3/c28-15-17-5-8-24-23(13-17)27(16-32-24)9-11-29(12-10-27)26(31)18-6-7-20-19-3-1-2-4-21(19)25(30)22(20)14-18/h1-8,13-14H,9-12,15-16,28H2. The van der Waals surface area contributed by atoms with Gasteiger partial charge in [0.1, 0.15) is 5.75 Å². The van der Waals surface area contributed by atoms with Gasteiger partial charge >= 0.3 is 0 Å². The van der Waals surface area contributed by atoms with Crippen molar-refractivity contribution in [3.8, 4) is 16.9 Å². The number of hydrogen-bond acceptors (Lipinski definition) is 4. The zero-order valence-corrected chi connectivity index (χ0v) is 17.8. The van der Waals surface area contributed by atoms with Crippen LogP contribution in [0.1, 0.15) is 50.2 Å². The molecule has 1 aliphatic carbocycles. The second-order valence-electron chi connectivity index (χ2n) is 9.03. The van der Waals surface area contributed by atoms with Gasteiger partial charge in [-0.2, -0.15) is 0 Å². The van der Waals surface area contributed by atoms with Gasteiger partial charge in [0.2, 0.25) is 0 Å². The number of fused-ring (bicyclic) bond motifs is 5. The third-order valence-corrected chi connectivity index (χ3v) is 7.34. The number of carbonyl (C=O) groups is 2. The van der Waals surface area contributed by atoms with Crippen LogP contribution in [-0.2, 0) is 12.0 Å². The SMILES string of the molecule is NCc1ccc2c(c1)C1(CCN(C(=O)c3ccc4c(c3)C(=O)c3ccccc3-4)CC1)CO2. The summed E-state index contributed by atoms with van der Waals surface area (Å²) in [5.74, 6) is 0.929. The van der Waals surface area contributed by atoms with Gasteiger partial charge < -0.3 is 15.4 Å². The van der Waals surface area contributed by atoms with Gasteiger partial charge in [0.05, 0.1) is 6.61 Å². The minimum Gasteiger partial charge on any atom is -0.492 e. The highest BCUT2D eigenvalue weighted by molar-refractivity contribution is 6.22. The second kappa shape index (κ2) is 7.04. The Balaban J connectivity index is 1.23. The molecule has 160 valence electrons. The normalized spacial score (nSPS) is 17.7. The van der Waals surface area contributed by atoms with E-state index in [0.717, 1.165) is 35.3 Å². The van der Waals surface area contributed by atoms with E-state index in [-0.39, 0.29) is 17.1 Å². The summed E-state index contributed by atoms with van der Waals surface area (Å²) in [6, 6.07) is 19.4. The number of ketones is 1. The van der Waals surface area contributed by atoms with Crippen molar-refractivity contribution in [2.45, 2.75) is 24.8 Å². The van der Waals surface area contributed by atoms with Crippen LogP contribution in [-0.4, -0.2) is 36.3 Å². The molecule has 0 saturated carbocycles. The third kappa shape index (κ3) is 2.74. The molecule has 1 amide bonds. The molecule has 0 radical (unpaired) electrons. The number of benzene rings is 3. The fourth-order valence-electron chi connectivity index (χ4n) is 5.43. The molecule has 0 bridgehead atoms. The van der Waals surface area contributed by atoms with Crippen molar-refractivity contribution in [3.05, 3.63) is 88.5 Å². The van der Waals surface area contributed by atoms with Gasteiger partial charge in [-0.3, -0.25) is 9.59 Å². The maximum absolute atomic E-state index is 13.3. The van der Waals surface area contributed by atoms with Crippen molar-refractivity contribution in [1.82, 2.24) is 4.90 Å². The summed E-state index contributed by atoms with van der Waals surface area (Å²) in [4.78, 5) is 28.0. The molecule has 2 aliphatic heterocycles. The molecule has 32 heavy (non-hydrogen) atoms. The number of nitrogens with two attached hydrogens (primary N) is 1. The molecule has 1 spiro atoms. The van der Waals surface area contributed by atoms with Crippen LogP contribution in [0.5, 0.6) is 5.75 Å². The van der Waals surface area contributed by atoms with E-state index in [0.29, 0.717) is 42.9 Å². The van der Waals surface area contributed by atoms with Crippen molar-refractivity contribution in [1.29, 1.82) is 0 Å². The molecule has 6 rings (SSSR count). The number of rotatable bonds is 2. The molecular formula is C27H24N2O3. The molecule has 2 N–H and O–H groups in total. The fraction of sp³-hybridized carbons (Fsp3) is 0.259. The van der Waals surface area contributed by atoms with Crippen LogP contribution in [0.3, 0.4) is 0 Å². The summed E-state index contributed by atoms with van der Waals surface area (Å²) in [6.45, 7) is 2.50. The Bertz CT molecular complexity index is 1270. The Hall–Kier alpha value is -3.44. The lowest BCUT2D eigenvalue weighted by Crippen LogP contribution is -2.46. The Morgan fingerprint density at radius 1 is 0.938 bits per heavy atom. The number of likely N-dealkylation sites (tertiary alicyclic amines) is 1. The van der Waals surface area contributed by atoms with Crippen LogP contribution < -0.4 is 10.5 Å². The quantitative estimate of drug-likeness (QED) is 0.529. The summed E-state index contributed by atoms with van der Waals surface area (Å²) < 4.78 is 5.98. The average molecular weight is 425 g/mol. The fourth-order valence-corrected chi connectivity index (χ4v) is 5.43. The topological polar surface area (TPSA) is 72.6 Å². The van der Waals surface area contributed by atoms with Gasteiger partial charge in [-0.25, -0.2) is 0 Å². The van der Waals surface area contributed by atoms with Gasteiger partial charge in [-0.15, -0.1) is 0 Å². The molecule has 3 aromatic carbocycles. The van der Waals surface area contributed by atoms with Crippen LogP contribution >= 0.6 is 0 Å². The van der Waals surface area contributed by atoms with Crippen LogP contribution in [0.15, 0.2) is 60.7 Å². The number of ether oxygens (including phenoxy) is 1. The zero-order chi connectivity index (χ0) is 21.9. The molecule has 0 atom stereocenters. The maximum atomic E-state index is 13.3. The second-order valence-corrected chi connectivity index (χ2v) is 9.03. The zero-order valence-electron chi connectivity index (χ0n) is 17.8. The molecule has 1 saturated heterocycles. The number of carbonyl (C=O) groups excluding carboxylic acids is 2. The summed E-state index contributed by atoms with van der Waals surface area (Å²) in [5, 5.41) is 0. The van der Waals surface area contributed by atoms with Crippen LogP contribution in [0, 0.1) is 0 Å². The van der Waals surface area contributed by atoms with Crippen molar-refractivity contribution in [3.63, 3.8) is 0 Å². The first-order valence-corrected chi connectivity index (χ1v) is 11.1. The highest BCUT2D eigenvalue weighted by Crippen LogP contribution is 2.46. The van der Waals surface area contributed by atoms with E-state index < -0.39 is 0 Å². The molecule has 2 heterocycles. The number of hydrogen-bond donors (Lipinski definition) is 1. The minimum atomic E-state index is -0.0488. The Kier molecular flexibility index (Phi) is 4.24. The molecule has 3 aromatic rings. The van der Waals surface area contributed by atoms with E-state index >= 15 is 0 Å². The van der Waals surface area contributed by atoms with Gasteiger partial charge in [0.15, 0.2) is 5.78 Å². The van der Waals surface area contributed by atoms with E-state index in [1.165, 1.54) is 5.56 Å². The van der Waals surface area contributed by atoms with Gasteiger partial charge in [-0.05, 0) is 47.7 Å². The highest BCUT2D eigenvalue weighted by atomic mass is 16.5. The van der Waals surface area contributed by atoms with Crippen molar-refractivity contribution in [2.24, 2.45) is 5.73 Å². The van der Waals surface area contributed by atoms with E-state index in [2.05, 4.69) is 6.07 Å². The Morgan fingerprint density at radius 3 is 2.47 bits per heavy atom. The lowest BCUT2D eigenvalue weighted by molar-refractivity contribution is 0.0646.